The summed E-state index contributed by atoms with van der Waals surface area (Å²) in [5.41, 5.74) is 4.21. The molecule has 1 aromatic carbocycles. The highest BCUT2D eigenvalue weighted by molar-refractivity contribution is 5.95. The number of fused-ring (bicyclic) bond motifs is 5. The minimum atomic E-state index is -4.80. The van der Waals surface area contributed by atoms with E-state index in [2.05, 4.69) is 25.0 Å². The highest BCUT2D eigenvalue weighted by Gasteiger charge is 2.32. The molecule has 0 bridgehead atoms. The lowest BCUT2D eigenvalue weighted by molar-refractivity contribution is -0.274. The number of aromatic nitrogens is 4. The maximum absolute atomic E-state index is 12.6. The van der Waals surface area contributed by atoms with Crippen molar-refractivity contribution in [2.75, 3.05) is 12.4 Å². The first kappa shape index (κ1) is 18.9. The van der Waals surface area contributed by atoms with Gasteiger partial charge in [-0.1, -0.05) is 0 Å². The molecule has 1 aliphatic rings. The number of alkyl halides is 3. The normalized spacial score (nSPS) is 12.1. The summed E-state index contributed by atoms with van der Waals surface area (Å²) in [5, 5.41) is 3.27. The Labute approximate surface area is 173 Å². The van der Waals surface area contributed by atoms with Crippen LogP contribution in [-0.4, -0.2) is 33.4 Å². The van der Waals surface area contributed by atoms with Crippen LogP contribution >= 0.6 is 0 Å². The van der Waals surface area contributed by atoms with E-state index in [1.165, 1.54) is 25.3 Å². The Hall–Kier alpha value is -4.08. The van der Waals surface area contributed by atoms with Crippen LogP contribution in [0.4, 0.5) is 24.7 Å². The monoisotopic (exact) mass is 425 g/mol. The minimum Gasteiger partial charge on any atom is -0.496 e. The Bertz CT molecular complexity index is 1220. The third kappa shape index (κ3) is 3.41. The van der Waals surface area contributed by atoms with Gasteiger partial charge in [0.25, 0.3) is 0 Å². The van der Waals surface area contributed by atoms with Crippen molar-refractivity contribution in [2.45, 2.75) is 6.36 Å². The summed E-state index contributed by atoms with van der Waals surface area (Å²) < 4.78 is 47.0. The molecule has 3 aromatic heterocycles. The van der Waals surface area contributed by atoms with Crippen molar-refractivity contribution in [3.63, 3.8) is 0 Å². The third-order valence-corrected chi connectivity index (χ3v) is 4.77. The van der Waals surface area contributed by atoms with Crippen molar-refractivity contribution in [3.05, 3.63) is 55.0 Å². The molecule has 0 saturated carbocycles. The lowest BCUT2D eigenvalue weighted by Crippen LogP contribution is -2.17. The van der Waals surface area contributed by atoms with Gasteiger partial charge < -0.3 is 19.8 Å². The largest absolute Gasteiger partial charge is 0.573 e. The van der Waals surface area contributed by atoms with E-state index in [1.54, 1.807) is 24.7 Å². The van der Waals surface area contributed by atoms with Crippen molar-refractivity contribution in [1.82, 2.24) is 19.9 Å². The molecule has 4 aromatic rings. The van der Waals surface area contributed by atoms with E-state index in [4.69, 9.17) is 9.72 Å². The molecule has 31 heavy (non-hydrogen) atoms. The number of hydrogen-bond donors (Lipinski definition) is 2. The number of aromatic amines is 1. The molecule has 0 saturated heterocycles. The molecule has 0 aliphatic carbocycles. The SMILES string of the molecule is COc1cc(OC(F)(F)F)ccc1-c1nc2c([nH]1)-c1ccncc1Nc1ncccc1-2. The van der Waals surface area contributed by atoms with Gasteiger partial charge in [-0.25, -0.2) is 9.97 Å². The van der Waals surface area contributed by atoms with Gasteiger partial charge in [0.15, 0.2) is 0 Å². The number of halogens is 3. The van der Waals surface area contributed by atoms with Crippen molar-refractivity contribution >= 4 is 11.5 Å². The molecular formula is C21H14F3N5O2. The van der Waals surface area contributed by atoms with Crippen LogP contribution in [0.15, 0.2) is 55.0 Å². The summed E-state index contributed by atoms with van der Waals surface area (Å²) in [6, 6.07) is 9.38. The quantitative estimate of drug-likeness (QED) is 0.415. The number of imidazole rings is 1. The Morgan fingerprint density at radius 1 is 1.00 bits per heavy atom. The van der Waals surface area contributed by atoms with E-state index < -0.39 is 6.36 Å². The number of H-pyrrole nitrogens is 1. The first-order chi connectivity index (χ1) is 14.9. The third-order valence-electron chi connectivity index (χ3n) is 4.77. The second-order valence-corrected chi connectivity index (χ2v) is 6.66. The lowest BCUT2D eigenvalue weighted by Gasteiger charge is -2.12. The van der Waals surface area contributed by atoms with Crippen LogP contribution in [0.1, 0.15) is 0 Å². The number of pyridine rings is 2. The molecule has 1 aliphatic heterocycles. The highest BCUT2D eigenvalue weighted by atomic mass is 19.4. The molecule has 5 rings (SSSR count). The summed E-state index contributed by atoms with van der Waals surface area (Å²) >= 11 is 0. The van der Waals surface area contributed by atoms with Gasteiger partial charge in [-0.05, 0) is 30.3 Å². The average Bonchev–Trinajstić information content (AvgIpc) is 3.13. The molecule has 156 valence electrons. The second-order valence-electron chi connectivity index (χ2n) is 6.66. The number of anilines is 2. The number of benzene rings is 1. The Morgan fingerprint density at radius 3 is 2.68 bits per heavy atom. The summed E-state index contributed by atoms with van der Waals surface area (Å²) in [7, 11) is 1.37. The van der Waals surface area contributed by atoms with Crippen molar-refractivity contribution in [2.24, 2.45) is 0 Å². The number of ether oxygens (including phenoxy) is 2. The number of rotatable bonds is 3. The fraction of sp³-hybridized carbons (Fsp3) is 0.0952. The van der Waals surface area contributed by atoms with Gasteiger partial charge in [-0.3, -0.25) is 4.98 Å². The Morgan fingerprint density at radius 2 is 1.87 bits per heavy atom. The van der Waals surface area contributed by atoms with Gasteiger partial charge in [0, 0.05) is 29.6 Å². The van der Waals surface area contributed by atoms with Gasteiger partial charge >= 0.3 is 6.36 Å². The zero-order valence-electron chi connectivity index (χ0n) is 16.0. The number of nitrogens with zero attached hydrogens (tertiary/aromatic N) is 3. The topological polar surface area (TPSA) is 85.0 Å². The fourth-order valence-corrected chi connectivity index (χ4v) is 3.49. The molecule has 7 nitrogen and oxygen atoms in total. The molecule has 0 radical (unpaired) electrons. The van der Waals surface area contributed by atoms with Gasteiger partial charge in [0.05, 0.1) is 30.3 Å². The second kappa shape index (κ2) is 7.01. The molecular weight excluding hydrogens is 411 g/mol. The molecule has 4 heterocycles. The molecule has 0 fully saturated rings. The minimum absolute atomic E-state index is 0.185. The van der Waals surface area contributed by atoms with Crippen LogP contribution in [0.2, 0.25) is 0 Å². The van der Waals surface area contributed by atoms with E-state index in [1.807, 2.05) is 12.1 Å². The highest BCUT2D eigenvalue weighted by Crippen LogP contribution is 2.44. The van der Waals surface area contributed by atoms with Gasteiger partial charge in [-0.2, -0.15) is 0 Å². The number of nitrogens with one attached hydrogen (secondary N) is 2. The van der Waals surface area contributed by atoms with Crippen LogP contribution in [0.25, 0.3) is 33.9 Å². The summed E-state index contributed by atoms with van der Waals surface area (Å²) in [6.45, 7) is 0. The lowest BCUT2D eigenvalue weighted by atomic mass is 10.1. The van der Waals surface area contributed by atoms with Gasteiger partial charge in [-0.15, -0.1) is 13.2 Å². The van der Waals surface area contributed by atoms with E-state index >= 15 is 0 Å². The van der Waals surface area contributed by atoms with Crippen LogP contribution in [0, 0.1) is 0 Å². The summed E-state index contributed by atoms with van der Waals surface area (Å²) in [4.78, 5) is 16.6. The number of methoxy groups -OCH3 is 1. The molecule has 0 atom stereocenters. The molecule has 0 amide bonds. The zero-order valence-corrected chi connectivity index (χ0v) is 16.0. The predicted molar refractivity (Wildman–Crippen MR) is 107 cm³/mol. The van der Waals surface area contributed by atoms with Crippen molar-refractivity contribution in [3.8, 4) is 45.4 Å². The first-order valence-corrected chi connectivity index (χ1v) is 9.14. The van der Waals surface area contributed by atoms with E-state index in [-0.39, 0.29) is 11.5 Å². The van der Waals surface area contributed by atoms with Crippen molar-refractivity contribution < 1.29 is 22.6 Å². The fourth-order valence-electron chi connectivity index (χ4n) is 3.49. The zero-order chi connectivity index (χ0) is 21.6. The van der Waals surface area contributed by atoms with Crippen molar-refractivity contribution in [1.29, 1.82) is 0 Å². The molecule has 10 heteroatoms. The van der Waals surface area contributed by atoms with Crippen LogP contribution < -0.4 is 14.8 Å². The maximum Gasteiger partial charge on any atom is 0.573 e. The van der Waals surface area contributed by atoms with Gasteiger partial charge in [0.2, 0.25) is 0 Å². The van der Waals surface area contributed by atoms with E-state index in [9.17, 15) is 13.2 Å². The van der Waals surface area contributed by atoms with Crippen LogP contribution in [0.3, 0.4) is 0 Å². The number of hydrogen-bond acceptors (Lipinski definition) is 6. The molecule has 0 unspecified atom stereocenters. The van der Waals surface area contributed by atoms with Crippen LogP contribution in [0.5, 0.6) is 11.5 Å². The smallest absolute Gasteiger partial charge is 0.496 e. The van der Waals surface area contributed by atoms with Gasteiger partial charge in [0.1, 0.15) is 28.8 Å². The van der Waals surface area contributed by atoms with Crippen LogP contribution in [-0.2, 0) is 0 Å². The van der Waals surface area contributed by atoms with E-state index in [0.29, 0.717) is 22.9 Å². The Kier molecular flexibility index (Phi) is 4.28. The molecule has 2 N–H and O–H groups in total. The maximum atomic E-state index is 12.6. The molecule has 0 spiro atoms. The Balaban J connectivity index is 1.67. The first-order valence-electron chi connectivity index (χ1n) is 9.14. The predicted octanol–water partition coefficient (Wildman–Crippen LogP) is 5.16. The standard InChI is InChI=1S/C21H14F3N5O2/c1-30-16-9-11(31-21(22,23)24)4-5-13(16)20-28-17-12-6-8-25-10-15(12)27-19-14(18(17)29-20)3-2-7-26-19/h2-10H,1H3,(H,26,27)(H,28,29). The summed E-state index contributed by atoms with van der Waals surface area (Å²) in [6.07, 6.45) is 0.226. The summed E-state index contributed by atoms with van der Waals surface area (Å²) in [5.74, 6) is 0.857. The van der Waals surface area contributed by atoms with E-state index in [0.717, 1.165) is 22.5 Å². The average molecular weight is 425 g/mol.